The van der Waals surface area contributed by atoms with Crippen molar-refractivity contribution in [3.05, 3.63) is 24.0 Å². The van der Waals surface area contributed by atoms with E-state index < -0.39 is 24.3 Å². The maximum Gasteiger partial charge on any atom is 0.490 e. The van der Waals surface area contributed by atoms with E-state index in [4.69, 9.17) is 14.6 Å². The highest BCUT2D eigenvalue weighted by molar-refractivity contribution is 5.90. The number of alkyl halides is 3. The van der Waals surface area contributed by atoms with Gasteiger partial charge in [-0.15, -0.1) is 0 Å². The molecule has 0 unspecified atom stereocenters. The molecule has 2 aliphatic heterocycles. The summed E-state index contributed by atoms with van der Waals surface area (Å²) in [6, 6.07) is 4.78. The number of anilines is 2. The summed E-state index contributed by atoms with van der Waals surface area (Å²) in [5.41, 5.74) is 1.00. The Morgan fingerprint density at radius 1 is 1.29 bits per heavy atom. The van der Waals surface area contributed by atoms with Crippen LogP contribution in [0.1, 0.15) is 6.92 Å². The fourth-order valence-corrected chi connectivity index (χ4v) is 2.92. The van der Waals surface area contributed by atoms with Gasteiger partial charge in [0.2, 0.25) is 5.91 Å². The fraction of sp³-hybridized carbons (Fsp3) is 0.500. The Balaban J connectivity index is 0.000000423. The third kappa shape index (κ3) is 6.98. The van der Waals surface area contributed by atoms with Gasteiger partial charge in [-0.05, 0) is 18.2 Å². The lowest BCUT2D eigenvalue weighted by Gasteiger charge is -2.30. The van der Waals surface area contributed by atoms with Crippen molar-refractivity contribution in [1.29, 1.82) is 0 Å². The molecule has 13 heteroatoms. The first kappa shape index (κ1) is 24.2. The van der Waals surface area contributed by atoms with Crippen LogP contribution in [-0.4, -0.2) is 74.6 Å². The van der Waals surface area contributed by atoms with Crippen LogP contribution in [-0.2, 0) is 14.3 Å². The van der Waals surface area contributed by atoms with Crippen molar-refractivity contribution in [3.63, 3.8) is 0 Å². The molecule has 1 aromatic carbocycles. The number of hydrogen-bond donors (Lipinski definition) is 3. The van der Waals surface area contributed by atoms with E-state index >= 15 is 0 Å². The highest BCUT2D eigenvalue weighted by atomic mass is 19.4. The number of carboxylic acids is 1. The van der Waals surface area contributed by atoms with E-state index in [1.807, 2.05) is 4.90 Å². The molecule has 0 spiro atoms. The molecule has 31 heavy (non-hydrogen) atoms. The van der Waals surface area contributed by atoms with E-state index in [9.17, 15) is 27.2 Å². The van der Waals surface area contributed by atoms with Crippen LogP contribution in [0.25, 0.3) is 0 Å². The van der Waals surface area contributed by atoms with Crippen LogP contribution in [0.5, 0.6) is 0 Å². The third-order valence-corrected chi connectivity index (χ3v) is 4.40. The van der Waals surface area contributed by atoms with E-state index in [0.29, 0.717) is 11.4 Å². The third-order valence-electron chi connectivity index (χ3n) is 4.40. The summed E-state index contributed by atoms with van der Waals surface area (Å²) in [6.07, 6.45) is -6.04. The number of ether oxygens (including phenoxy) is 1. The van der Waals surface area contributed by atoms with E-state index in [2.05, 4.69) is 10.6 Å². The van der Waals surface area contributed by atoms with Crippen LogP contribution in [0.4, 0.5) is 33.7 Å². The van der Waals surface area contributed by atoms with E-state index in [-0.39, 0.29) is 24.8 Å². The molecule has 1 atom stereocenters. The highest BCUT2D eigenvalue weighted by Crippen LogP contribution is 2.28. The number of carbonyl (C=O) groups excluding carboxylic acids is 2. The van der Waals surface area contributed by atoms with Crippen molar-refractivity contribution in [2.24, 2.45) is 0 Å². The first-order valence-electron chi connectivity index (χ1n) is 9.27. The maximum absolute atomic E-state index is 14.5. The number of nitrogens with one attached hydrogen (secondary N) is 2. The molecule has 2 heterocycles. The Kier molecular flexibility index (Phi) is 8.02. The van der Waals surface area contributed by atoms with Crippen molar-refractivity contribution in [1.82, 2.24) is 10.6 Å². The summed E-state index contributed by atoms with van der Waals surface area (Å²) in [4.78, 5) is 35.2. The van der Waals surface area contributed by atoms with E-state index in [0.717, 1.165) is 26.2 Å². The molecule has 0 radical (unpaired) electrons. The standard InChI is InChI=1S/C16H21FN4O3.C2HF3O2/c1-11(22)19-9-13-10-21(16(23)24-13)12-2-3-15(14(17)8-12)20-6-4-18-5-7-20;3-2(4,5)1(6)7/h2-3,8,13,18H,4-7,9-10H2,1H3,(H,19,22);(H,6,7)/t13-;/m0./s1. The zero-order valence-corrected chi connectivity index (χ0v) is 16.5. The van der Waals surface area contributed by atoms with Gasteiger partial charge in [-0.3, -0.25) is 9.69 Å². The molecule has 2 aliphatic rings. The van der Waals surface area contributed by atoms with Crippen LogP contribution in [0, 0.1) is 5.82 Å². The highest BCUT2D eigenvalue weighted by Gasteiger charge is 2.38. The summed E-state index contributed by atoms with van der Waals surface area (Å²) < 4.78 is 51.4. The molecular formula is C18H22F4N4O5. The van der Waals surface area contributed by atoms with Gasteiger partial charge in [0.1, 0.15) is 11.9 Å². The summed E-state index contributed by atoms with van der Waals surface area (Å²) in [5, 5.41) is 13.0. The summed E-state index contributed by atoms with van der Waals surface area (Å²) in [6.45, 7) is 5.08. The van der Waals surface area contributed by atoms with Crippen LogP contribution in [0.2, 0.25) is 0 Å². The summed E-state index contributed by atoms with van der Waals surface area (Å²) >= 11 is 0. The van der Waals surface area contributed by atoms with Gasteiger partial charge in [-0.1, -0.05) is 0 Å². The molecular weight excluding hydrogens is 428 g/mol. The number of amides is 2. The zero-order chi connectivity index (χ0) is 23.2. The topological polar surface area (TPSA) is 111 Å². The molecule has 0 aromatic heterocycles. The van der Waals surface area contributed by atoms with Gasteiger partial charge in [0.25, 0.3) is 0 Å². The molecule has 0 saturated carbocycles. The largest absolute Gasteiger partial charge is 0.490 e. The maximum atomic E-state index is 14.5. The van der Waals surface area contributed by atoms with E-state index in [1.165, 1.54) is 17.9 Å². The van der Waals surface area contributed by atoms with Crippen molar-refractivity contribution in [3.8, 4) is 0 Å². The average molecular weight is 450 g/mol. The van der Waals surface area contributed by atoms with Crippen LogP contribution in [0.15, 0.2) is 18.2 Å². The van der Waals surface area contributed by atoms with E-state index in [1.54, 1.807) is 12.1 Å². The van der Waals surface area contributed by atoms with Crippen molar-refractivity contribution in [2.75, 3.05) is 49.1 Å². The second-order valence-corrected chi connectivity index (χ2v) is 6.73. The monoisotopic (exact) mass is 450 g/mol. The Bertz CT molecular complexity index is 815. The predicted molar refractivity (Wildman–Crippen MR) is 101 cm³/mol. The van der Waals surface area contributed by atoms with Crippen LogP contribution in [0.3, 0.4) is 0 Å². The van der Waals surface area contributed by atoms with Gasteiger partial charge in [0, 0.05) is 33.1 Å². The smallest absolute Gasteiger partial charge is 0.475 e. The molecule has 2 fully saturated rings. The summed E-state index contributed by atoms with van der Waals surface area (Å²) in [5.74, 6) is -3.30. The number of rotatable bonds is 4. The number of carbonyl (C=O) groups is 3. The molecule has 172 valence electrons. The number of hydrogen-bond acceptors (Lipinski definition) is 6. The van der Waals surface area contributed by atoms with Gasteiger partial charge >= 0.3 is 18.2 Å². The number of cyclic esters (lactones) is 1. The number of benzene rings is 1. The van der Waals surface area contributed by atoms with Crippen LogP contribution < -0.4 is 20.4 Å². The summed E-state index contributed by atoms with van der Waals surface area (Å²) in [7, 11) is 0. The molecule has 1 aromatic rings. The zero-order valence-electron chi connectivity index (χ0n) is 16.5. The second kappa shape index (κ2) is 10.3. The number of nitrogens with zero attached hydrogens (tertiary/aromatic N) is 2. The SMILES string of the molecule is CC(=O)NC[C@H]1CN(c2ccc(N3CCNCC3)c(F)c2)C(=O)O1.O=C(O)C(F)(F)F. The Labute approximate surface area is 174 Å². The van der Waals surface area contributed by atoms with Crippen molar-refractivity contribution < 1.29 is 41.8 Å². The fourth-order valence-electron chi connectivity index (χ4n) is 2.92. The van der Waals surface area contributed by atoms with Crippen molar-refractivity contribution in [2.45, 2.75) is 19.2 Å². The van der Waals surface area contributed by atoms with Gasteiger partial charge in [-0.25, -0.2) is 14.0 Å². The minimum Gasteiger partial charge on any atom is -0.475 e. The van der Waals surface area contributed by atoms with Gasteiger partial charge in [0.05, 0.1) is 24.5 Å². The average Bonchev–Trinajstić information content (AvgIpc) is 3.07. The van der Waals surface area contributed by atoms with Crippen LogP contribution >= 0.6 is 0 Å². The van der Waals surface area contributed by atoms with Gasteiger partial charge in [-0.2, -0.15) is 13.2 Å². The molecule has 2 amide bonds. The normalized spacial score (nSPS) is 18.7. The molecule has 2 saturated heterocycles. The molecule has 0 bridgehead atoms. The molecule has 9 nitrogen and oxygen atoms in total. The number of piperazine rings is 1. The Morgan fingerprint density at radius 3 is 2.42 bits per heavy atom. The molecule has 0 aliphatic carbocycles. The Hall–Kier alpha value is -3.09. The van der Waals surface area contributed by atoms with Gasteiger partial charge in [0.15, 0.2) is 0 Å². The Morgan fingerprint density at radius 2 is 1.90 bits per heavy atom. The number of aliphatic carboxylic acids is 1. The first-order valence-corrected chi connectivity index (χ1v) is 9.27. The number of carboxylic acid groups (broad SMARTS) is 1. The molecule has 3 rings (SSSR count). The number of halogens is 4. The van der Waals surface area contributed by atoms with Gasteiger partial charge < -0.3 is 25.4 Å². The predicted octanol–water partition coefficient (Wildman–Crippen LogP) is 1.33. The minimum atomic E-state index is -5.08. The quantitative estimate of drug-likeness (QED) is 0.594. The lowest BCUT2D eigenvalue weighted by atomic mass is 10.2. The lowest BCUT2D eigenvalue weighted by molar-refractivity contribution is -0.192. The molecule has 3 N–H and O–H groups in total. The minimum absolute atomic E-state index is 0.184. The first-order chi connectivity index (χ1) is 14.5. The lowest BCUT2D eigenvalue weighted by Crippen LogP contribution is -2.43. The second-order valence-electron chi connectivity index (χ2n) is 6.73. The van der Waals surface area contributed by atoms with Crippen molar-refractivity contribution >= 4 is 29.3 Å².